The first kappa shape index (κ1) is 13.1. The van der Waals surface area contributed by atoms with E-state index in [2.05, 4.69) is 15.9 Å². The summed E-state index contributed by atoms with van der Waals surface area (Å²) in [5, 5.41) is 0.604. The number of rotatable bonds is 3. The maximum atomic E-state index is 12.0. The summed E-state index contributed by atoms with van der Waals surface area (Å²) in [7, 11) is 0. The Balaban J connectivity index is 2.20. The standard InChI is InChI=1S/C12H7BrCl2OS/c13-10-5-7(14)1-3-9(10)11(16)6-8-2-4-12(15)17-8/h1-5H,6H2. The Kier molecular flexibility index (Phi) is 4.26. The number of ketones is 1. The molecular formula is C12H7BrCl2OS. The fraction of sp³-hybridized carbons (Fsp3) is 0.0833. The molecule has 0 saturated heterocycles. The number of hydrogen-bond donors (Lipinski definition) is 0. The molecule has 0 radical (unpaired) electrons. The number of halogens is 3. The molecule has 0 aliphatic carbocycles. The Labute approximate surface area is 121 Å². The summed E-state index contributed by atoms with van der Waals surface area (Å²) in [5.41, 5.74) is 0.638. The van der Waals surface area contributed by atoms with Gasteiger partial charge >= 0.3 is 0 Å². The van der Waals surface area contributed by atoms with Gasteiger partial charge < -0.3 is 0 Å². The summed E-state index contributed by atoms with van der Waals surface area (Å²) < 4.78 is 1.42. The largest absolute Gasteiger partial charge is 0.294 e. The quantitative estimate of drug-likeness (QED) is 0.692. The SMILES string of the molecule is O=C(Cc1ccc(Cl)s1)c1ccc(Cl)cc1Br. The molecule has 0 saturated carbocycles. The lowest BCUT2D eigenvalue weighted by Gasteiger charge is -2.03. The van der Waals surface area contributed by atoms with Crippen LogP contribution in [0.15, 0.2) is 34.8 Å². The molecule has 2 aromatic rings. The topological polar surface area (TPSA) is 17.1 Å². The third-order valence-electron chi connectivity index (χ3n) is 2.20. The Morgan fingerprint density at radius 1 is 1.24 bits per heavy atom. The Morgan fingerprint density at radius 3 is 2.59 bits per heavy atom. The van der Waals surface area contributed by atoms with Crippen molar-refractivity contribution in [2.45, 2.75) is 6.42 Å². The highest BCUT2D eigenvalue weighted by molar-refractivity contribution is 9.10. The lowest BCUT2D eigenvalue weighted by atomic mass is 10.1. The van der Waals surface area contributed by atoms with Gasteiger partial charge in [-0.3, -0.25) is 4.79 Å². The van der Waals surface area contributed by atoms with Crippen LogP contribution in [0.3, 0.4) is 0 Å². The fourth-order valence-electron chi connectivity index (χ4n) is 1.42. The maximum Gasteiger partial charge on any atom is 0.169 e. The van der Waals surface area contributed by atoms with E-state index in [-0.39, 0.29) is 5.78 Å². The Hall–Kier alpha value is -0.350. The second kappa shape index (κ2) is 5.53. The first-order chi connectivity index (χ1) is 8.06. The molecule has 0 fully saturated rings. The van der Waals surface area contributed by atoms with Crippen molar-refractivity contribution in [3.8, 4) is 0 Å². The molecule has 0 bridgehead atoms. The Morgan fingerprint density at radius 2 is 2.00 bits per heavy atom. The van der Waals surface area contributed by atoms with E-state index in [4.69, 9.17) is 23.2 Å². The highest BCUT2D eigenvalue weighted by atomic mass is 79.9. The molecule has 1 aromatic heterocycles. The normalized spacial score (nSPS) is 10.5. The molecule has 0 N–H and O–H groups in total. The van der Waals surface area contributed by atoms with Crippen molar-refractivity contribution < 1.29 is 4.79 Å². The fourth-order valence-corrected chi connectivity index (χ4v) is 3.41. The molecule has 0 aliphatic heterocycles. The minimum Gasteiger partial charge on any atom is -0.294 e. The minimum atomic E-state index is 0.0482. The zero-order valence-electron chi connectivity index (χ0n) is 8.54. The second-order valence-corrected chi connectivity index (χ2v) is 6.52. The molecular weight excluding hydrogens is 343 g/mol. The highest BCUT2D eigenvalue weighted by Gasteiger charge is 2.12. The van der Waals surface area contributed by atoms with E-state index in [1.165, 1.54) is 11.3 Å². The van der Waals surface area contributed by atoms with E-state index in [1.807, 2.05) is 6.07 Å². The lowest BCUT2D eigenvalue weighted by Crippen LogP contribution is -2.03. The van der Waals surface area contributed by atoms with Crippen LogP contribution in [0.5, 0.6) is 0 Å². The summed E-state index contributed by atoms with van der Waals surface area (Å²) in [6.45, 7) is 0. The average molecular weight is 350 g/mol. The van der Waals surface area contributed by atoms with E-state index >= 15 is 0 Å². The highest BCUT2D eigenvalue weighted by Crippen LogP contribution is 2.26. The predicted molar refractivity (Wildman–Crippen MR) is 76.5 cm³/mol. The van der Waals surface area contributed by atoms with Gasteiger partial charge in [-0.1, -0.05) is 23.2 Å². The van der Waals surface area contributed by atoms with Gasteiger partial charge in [0.1, 0.15) is 0 Å². The zero-order valence-corrected chi connectivity index (χ0v) is 12.5. The third kappa shape index (κ3) is 3.32. The van der Waals surface area contributed by atoms with Gasteiger partial charge in [-0.05, 0) is 46.3 Å². The van der Waals surface area contributed by atoms with E-state index in [1.54, 1.807) is 24.3 Å². The van der Waals surface area contributed by atoms with Crippen molar-refractivity contribution in [2.75, 3.05) is 0 Å². The summed E-state index contributed by atoms with van der Waals surface area (Å²) in [6, 6.07) is 8.82. The molecule has 2 rings (SSSR count). The molecule has 0 atom stereocenters. The van der Waals surface area contributed by atoms with E-state index in [9.17, 15) is 4.79 Å². The Bertz CT molecular complexity index is 565. The van der Waals surface area contributed by atoms with Gasteiger partial charge in [0, 0.05) is 26.4 Å². The third-order valence-corrected chi connectivity index (χ3v) is 4.32. The average Bonchev–Trinajstić information content (AvgIpc) is 2.63. The summed E-state index contributed by atoms with van der Waals surface area (Å²) >= 11 is 16.4. The first-order valence-electron chi connectivity index (χ1n) is 4.79. The smallest absolute Gasteiger partial charge is 0.169 e. The molecule has 5 heteroatoms. The van der Waals surface area contributed by atoms with Crippen LogP contribution >= 0.6 is 50.5 Å². The van der Waals surface area contributed by atoms with Crippen molar-refractivity contribution in [3.05, 3.63) is 54.6 Å². The zero-order chi connectivity index (χ0) is 12.4. The van der Waals surface area contributed by atoms with Crippen LogP contribution in [0.4, 0.5) is 0 Å². The van der Waals surface area contributed by atoms with Crippen molar-refractivity contribution >= 4 is 56.3 Å². The monoisotopic (exact) mass is 348 g/mol. The van der Waals surface area contributed by atoms with E-state index in [0.29, 0.717) is 21.3 Å². The van der Waals surface area contributed by atoms with Crippen LogP contribution in [-0.4, -0.2) is 5.78 Å². The lowest BCUT2D eigenvalue weighted by molar-refractivity contribution is 0.0993. The van der Waals surface area contributed by atoms with E-state index in [0.717, 1.165) is 9.35 Å². The molecule has 0 unspecified atom stereocenters. The molecule has 17 heavy (non-hydrogen) atoms. The summed E-state index contributed by atoms with van der Waals surface area (Å²) in [4.78, 5) is 13.0. The van der Waals surface area contributed by atoms with Crippen LogP contribution in [0.1, 0.15) is 15.2 Å². The molecule has 0 amide bonds. The van der Waals surface area contributed by atoms with Gasteiger partial charge in [-0.25, -0.2) is 0 Å². The van der Waals surface area contributed by atoms with Gasteiger partial charge in [0.25, 0.3) is 0 Å². The number of hydrogen-bond acceptors (Lipinski definition) is 2. The maximum absolute atomic E-state index is 12.0. The molecule has 1 heterocycles. The predicted octanol–water partition coefficient (Wildman–Crippen LogP) is 5.24. The molecule has 0 spiro atoms. The van der Waals surface area contributed by atoms with Crippen molar-refractivity contribution in [3.63, 3.8) is 0 Å². The number of Topliss-reactive ketones (excluding diaryl/α,β-unsaturated/α-hetero) is 1. The number of benzene rings is 1. The molecule has 88 valence electrons. The van der Waals surface area contributed by atoms with Crippen LogP contribution in [0.25, 0.3) is 0 Å². The second-order valence-electron chi connectivity index (χ2n) is 3.43. The van der Waals surface area contributed by atoms with Crippen LogP contribution < -0.4 is 0 Å². The summed E-state index contributed by atoms with van der Waals surface area (Å²) in [5.74, 6) is 0.0482. The minimum absolute atomic E-state index is 0.0482. The number of carbonyl (C=O) groups is 1. The van der Waals surface area contributed by atoms with Crippen molar-refractivity contribution in [2.24, 2.45) is 0 Å². The van der Waals surface area contributed by atoms with Gasteiger partial charge in [0.15, 0.2) is 5.78 Å². The van der Waals surface area contributed by atoms with Crippen molar-refractivity contribution in [1.82, 2.24) is 0 Å². The number of carbonyl (C=O) groups excluding carboxylic acids is 1. The van der Waals surface area contributed by atoms with Crippen LogP contribution in [0, 0.1) is 0 Å². The first-order valence-corrected chi connectivity index (χ1v) is 7.15. The molecule has 1 nitrogen and oxygen atoms in total. The summed E-state index contributed by atoms with van der Waals surface area (Å²) in [6.07, 6.45) is 0.359. The van der Waals surface area contributed by atoms with Crippen molar-refractivity contribution in [1.29, 1.82) is 0 Å². The van der Waals surface area contributed by atoms with Gasteiger partial charge in [-0.15, -0.1) is 11.3 Å². The van der Waals surface area contributed by atoms with Crippen LogP contribution in [0.2, 0.25) is 9.36 Å². The van der Waals surface area contributed by atoms with E-state index < -0.39 is 0 Å². The number of thiophene rings is 1. The molecule has 1 aromatic carbocycles. The van der Waals surface area contributed by atoms with Crippen LogP contribution in [-0.2, 0) is 6.42 Å². The molecule has 0 aliphatic rings. The van der Waals surface area contributed by atoms with Gasteiger partial charge in [0.05, 0.1) is 4.34 Å². The van der Waals surface area contributed by atoms with Gasteiger partial charge in [-0.2, -0.15) is 0 Å². The van der Waals surface area contributed by atoms with Gasteiger partial charge in [0.2, 0.25) is 0 Å².